The fourth-order valence-corrected chi connectivity index (χ4v) is 12.8. The number of ether oxygens (including phenoxy) is 5. The van der Waals surface area contributed by atoms with Crippen molar-refractivity contribution in [3.05, 3.63) is 65.7 Å². The average Bonchev–Trinajstić information content (AvgIpc) is 3.43. The van der Waals surface area contributed by atoms with E-state index in [0.717, 1.165) is 29.7 Å². The van der Waals surface area contributed by atoms with Gasteiger partial charge in [0.1, 0.15) is 19.1 Å². The number of benzene rings is 2. The molecule has 0 unspecified atom stereocenters. The van der Waals surface area contributed by atoms with Gasteiger partial charge in [0.25, 0.3) is 0 Å². The highest BCUT2D eigenvalue weighted by molar-refractivity contribution is 6.77. The maximum absolute atomic E-state index is 14.1. The molecule has 0 bridgehead atoms. The van der Waals surface area contributed by atoms with Crippen molar-refractivity contribution in [2.75, 3.05) is 34.2 Å². The Morgan fingerprint density at radius 1 is 0.917 bits per heavy atom. The van der Waals surface area contributed by atoms with Gasteiger partial charge in [-0.2, -0.15) is 0 Å². The van der Waals surface area contributed by atoms with Gasteiger partial charge in [-0.15, -0.1) is 0 Å². The molecule has 0 N–H and O–H groups in total. The van der Waals surface area contributed by atoms with Crippen LogP contribution in [-0.4, -0.2) is 77.7 Å². The third kappa shape index (κ3) is 10.6. The van der Waals surface area contributed by atoms with Gasteiger partial charge in [0, 0.05) is 19.8 Å². The van der Waals surface area contributed by atoms with E-state index in [2.05, 4.69) is 41.5 Å². The standard InChI is InChI=1S/C38H59NO8Si/c1-27(2)48(28(3)4,29(5)6)47-35(16-13-21-44-24-32-17-19-34(43-9)20-18-32)23-36(46-26-42-8)30(7)37(40)39-33(25-45-38(39)41)22-31-14-11-10-12-15-31/h10-12,14-15,17-20,27-30,33,35-36H,13,16,21-26H2,1-9H3/t30-,33-,35-,36+/m0/s1. The van der Waals surface area contributed by atoms with E-state index >= 15 is 0 Å². The summed E-state index contributed by atoms with van der Waals surface area (Å²) >= 11 is 0. The second kappa shape index (κ2) is 19.4. The van der Waals surface area contributed by atoms with Gasteiger partial charge < -0.3 is 28.1 Å². The number of nitrogens with zero attached hydrogens (tertiary/aromatic N) is 1. The van der Waals surface area contributed by atoms with Crippen molar-refractivity contribution in [3.63, 3.8) is 0 Å². The molecule has 0 aromatic heterocycles. The Balaban J connectivity index is 1.79. The van der Waals surface area contributed by atoms with Crippen LogP contribution in [0.1, 0.15) is 78.9 Å². The zero-order valence-corrected chi connectivity index (χ0v) is 31.6. The van der Waals surface area contributed by atoms with E-state index in [4.69, 9.17) is 28.1 Å². The van der Waals surface area contributed by atoms with Crippen LogP contribution in [0.5, 0.6) is 5.75 Å². The minimum absolute atomic E-state index is 0.0268. The highest BCUT2D eigenvalue weighted by Gasteiger charge is 2.48. The Kier molecular flexibility index (Phi) is 16.1. The third-order valence-corrected chi connectivity index (χ3v) is 15.8. The molecule has 1 heterocycles. The first-order valence-electron chi connectivity index (χ1n) is 17.5. The van der Waals surface area contributed by atoms with Crippen molar-refractivity contribution in [1.29, 1.82) is 0 Å². The predicted octanol–water partition coefficient (Wildman–Crippen LogP) is 8.16. The monoisotopic (exact) mass is 685 g/mol. The molecule has 1 fully saturated rings. The smallest absolute Gasteiger partial charge is 0.416 e. The number of amides is 2. The first-order chi connectivity index (χ1) is 22.9. The Morgan fingerprint density at radius 2 is 1.56 bits per heavy atom. The van der Waals surface area contributed by atoms with Crippen LogP contribution >= 0.6 is 0 Å². The normalized spacial score (nSPS) is 17.2. The van der Waals surface area contributed by atoms with E-state index in [0.29, 0.717) is 42.7 Å². The van der Waals surface area contributed by atoms with Gasteiger partial charge in [-0.1, -0.05) is 90.9 Å². The molecule has 4 atom stereocenters. The van der Waals surface area contributed by atoms with Crippen LogP contribution in [0.4, 0.5) is 4.79 Å². The van der Waals surface area contributed by atoms with Crippen molar-refractivity contribution in [2.24, 2.45) is 5.92 Å². The minimum atomic E-state index is -2.28. The summed E-state index contributed by atoms with van der Waals surface area (Å²) in [5, 5.41) is 0. The topological polar surface area (TPSA) is 92.8 Å². The van der Waals surface area contributed by atoms with Crippen molar-refractivity contribution in [1.82, 2.24) is 4.90 Å². The molecule has 0 aliphatic carbocycles. The van der Waals surface area contributed by atoms with Crippen molar-refractivity contribution < 1.29 is 37.7 Å². The van der Waals surface area contributed by atoms with Gasteiger partial charge in [0.2, 0.25) is 14.2 Å². The second-order valence-corrected chi connectivity index (χ2v) is 19.3. The molecular weight excluding hydrogens is 627 g/mol. The van der Waals surface area contributed by atoms with E-state index in [-0.39, 0.29) is 31.5 Å². The van der Waals surface area contributed by atoms with Crippen LogP contribution in [-0.2, 0) is 41.2 Å². The fourth-order valence-electron chi connectivity index (χ4n) is 7.22. The summed E-state index contributed by atoms with van der Waals surface area (Å²) in [6, 6.07) is 17.4. The third-order valence-electron chi connectivity index (χ3n) is 9.68. The molecule has 0 radical (unpaired) electrons. The molecule has 48 heavy (non-hydrogen) atoms. The van der Waals surface area contributed by atoms with E-state index in [9.17, 15) is 9.59 Å². The number of rotatable bonds is 21. The Labute approximate surface area is 289 Å². The summed E-state index contributed by atoms with van der Waals surface area (Å²) in [7, 11) is 0.945. The largest absolute Gasteiger partial charge is 0.497 e. The van der Waals surface area contributed by atoms with Gasteiger partial charge >= 0.3 is 6.09 Å². The Hall–Kier alpha value is -2.76. The van der Waals surface area contributed by atoms with Crippen LogP contribution in [0.25, 0.3) is 0 Å². The molecule has 1 aliphatic rings. The number of methoxy groups -OCH3 is 2. The fraction of sp³-hybridized carbons (Fsp3) is 0.632. The number of hydrogen-bond donors (Lipinski definition) is 0. The van der Waals surface area contributed by atoms with Gasteiger partial charge in [-0.3, -0.25) is 4.79 Å². The summed E-state index contributed by atoms with van der Waals surface area (Å²) < 4.78 is 35.6. The van der Waals surface area contributed by atoms with E-state index in [1.54, 1.807) is 14.2 Å². The Morgan fingerprint density at radius 3 is 2.15 bits per heavy atom. The van der Waals surface area contributed by atoms with Crippen LogP contribution in [0.3, 0.4) is 0 Å². The highest BCUT2D eigenvalue weighted by atomic mass is 28.4. The van der Waals surface area contributed by atoms with Gasteiger partial charge in [-0.05, 0) is 65.6 Å². The van der Waals surface area contributed by atoms with E-state index in [1.807, 2.05) is 61.5 Å². The summed E-state index contributed by atoms with van der Waals surface area (Å²) in [6.45, 7) is 16.8. The van der Waals surface area contributed by atoms with Gasteiger partial charge in [-0.25, -0.2) is 9.69 Å². The lowest BCUT2D eigenvalue weighted by molar-refractivity contribution is -0.146. The summed E-state index contributed by atoms with van der Waals surface area (Å²) in [5.41, 5.74) is 3.30. The molecule has 2 amide bonds. The molecule has 2 aromatic carbocycles. The van der Waals surface area contributed by atoms with Crippen molar-refractivity contribution in [3.8, 4) is 5.75 Å². The number of hydrogen-bond acceptors (Lipinski definition) is 8. The zero-order chi connectivity index (χ0) is 35.3. The lowest BCUT2D eigenvalue weighted by atomic mass is 9.95. The molecule has 1 aliphatic heterocycles. The summed E-state index contributed by atoms with van der Waals surface area (Å²) in [6.07, 6.45) is 1.24. The zero-order valence-electron chi connectivity index (χ0n) is 30.6. The lowest BCUT2D eigenvalue weighted by Gasteiger charge is -2.45. The molecule has 1 saturated heterocycles. The molecule has 0 saturated carbocycles. The SMILES string of the molecule is COCO[C@H](C[C@H](CCCOCc1ccc(OC)cc1)O[Si](C(C)C)(C(C)C)C(C)C)[C@H](C)C(=O)N1C(=O)OC[C@@H]1Cc1ccccc1. The number of carbonyl (C=O) groups excluding carboxylic acids is 2. The quantitative estimate of drug-likeness (QED) is 0.0739. The lowest BCUT2D eigenvalue weighted by Crippen LogP contribution is -2.51. The first-order valence-corrected chi connectivity index (χ1v) is 19.6. The minimum Gasteiger partial charge on any atom is -0.497 e. The number of cyclic esters (lactones) is 1. The second-order valence-electron chi connectivity index (χ2n) is 13.9. The predicted molar refractivity (Wildman–Crippen MR) is 190 cm³/mol. The average molecular weight is 686 g/mol. The van der Waals surface area contributed by atoms with Crippen molar-refractivity contribution >= 4 is 20.3 Å². The maximum Gasteiger partial charge on any atom is 0.416 e. The highest BCUT2D eigenvalue weighted by Crippen LogP contribution is 2.44. The van der Waals surface area contributed by atoms with Crippen LogP contribution in [0.15, 0.2) is 54.6 Å². The number of carbonyl (C=O) groups is 2. The molecule has 2 aromatic rings. The van der Waals surface area contributed by atoms with E-state index < -0.39 is 26.4 Å². The molecular formula is C38H59NO8Si. The number of imide groups is 1. The molecule has 268 valence electrons. The molecule has 9 nitrogen and oxygen atoms in total. The van der Waals surface area contributed by atoms with Crippen LogP contribution in [0, 0.1) is 5.92 Å². The molecule has 3 rings (SSSR count). The van der Waals surface area contributed by atoms with Gasteiger partial charge in [0.05, 0.1) is 31.8 Å². The maximum atomic E-state index is 14.1. The Bertz CT molecular complexity index is 1220. The first kappa shape index (κ1) is 39.7. The molecule has 10 heteroatoms. The summed E-state index contributed by atoms with van der Waals surface area (Å²) in [5.74, 6) is -0.117. The molecule has 0 spiro atoms. The van der Waals surface area contributed by atoms with E-state index in [1.165, 1.54) is 4.90 Å². The van der Waals surface area contributed by atoms with Gasteiger partial charge in [0.15, 0.2) is 0 Å². The van der Waals surface area contributed by atoms with Crippen molar-refractivity contribution in [2.45, 2.75) is 116 Å². The summed E-state index contributed by atoms with van der Waals surface area (Å²) in [4.78, 5) is 28.3. The van der Waals surface area contributed by atoms with Crippen LogP contribution in [0.2, 0.25) is 16.6 Å². The van der Waals surface area contributed by atoms with Crippen LogP contribution < -0.4 is 4.74 Å².